The second-order valence-corrected chi connectivity index (χ2v) is 2.85. The van der Waals surface area contributed by atoms with Gasteiger partial charge in [-0.25, -0.2) is 9.78 Å². The highest BCUT2D eigenvalue weighted by Crippen LogP contribution is 2.19. The molecule has 1 aromatic heterocycles. The van der Waals surface area contributed by atoms with Crippen LogP contribution in [0.4, 0.5) is 5.69 Å². The minimum atomic E-state index is -0.464. The van der Waals surface area contributed by atoms with Crippen molar-refractivity contribution < 1.29 is 9.53 Å². The number of aromatic nitrogens is 1. The Morgan fingerprint density at radius 2 is 2.31 bits per heavy atom. The number of rotatable bonds is 1. The van der Waals surface area contributed by atoms with E-state index < -0.39 is 5.97 Å². The molecule has 0 aromatic carbocycles. The van der Waals surface area contributed by atoms with Crippen LogP contribution in [0.25, 0.3) is 0 Å². The SMILES string of the molecule is COC(=O)c1cc(N)c(Cl)nc1C. The lowest BCUT2D eigenvalue weighted by molar-refractivity contribution is 0.0599. The molecule has 0 saturated heterocycles. The van der Waals surface area contributed by atoms with Gasteiger partial charge in [0.15, 0.2) is 5.15 Å². The Labute approximate surface area is 80.7 Å². The Kier molecular flexibility index (Phi) is 2.72. The van der Waals surface area contributed by atoms with Gasteiger partial charge in [-0.2, -0.15) is 0 Å². The highest BCUT2D eigenvalue weighted by molar-refractivity contribution is 6.31. The molecule has 1 rings (SSSR count). The molecule has 0 atom stereocenters. The Hall–Kier alpha value is -1.29. The molecule has 0 aliphatic carbocycles. The van der Waals surface area contributed by atoms with Crippen LogP contribution in [0.5, 0.6) is 0 Å². The number of methoxy groups -OCH3 is 1. The molecule has 0 saturated carbocycles. The Morgan fingerprint density at radius 3 is 2.85 bits per heavy atom. The van der Waals surface area contributed by atoms with Gasteiger partial charge in [0.25, 0.3) is 0 Å². The van der Waals surface area contributed by atoms with Crippen molar-refractivity contribution in [3.8, 4) is 0 Å². The highest BCUT2D eigenvalue weighted by Gasteiger charge is 2.12. The number of halogens is 1. The Balaban J connectivity index is 3.23. The summed E-state index contributed by atoms with van der Waals surface area (Å²) < 4.78 is 4.53. The summed E-state index contributed by atoms with van der Waals surface area (Å²) in [6.07, 6.45) is 0. The van der Waals surface area contributed by atoms with Gasteiger partial charge < -0.3 is 10.5 Å². The number of esters is 1. The van der Waals surface area contributed by atoms with Crippen molar-refractivity contribution in [3.05, 3.63) is 22.5 Å². The topological polar surface area (TPSA) is 65.2 Å². The lowest BCUT2D eigenvalue weighted by Gasteiger charge is -2.04. The number of ether oxygens (including phenoxy) is 1. The van der Waals surface area contributed by atoms with Crippen LogP contribution in [0.3, 0.4) is 0 Å². The summed E-state index contributed by atoms with van der Waals surface area (Å²) in [5, 5.41) is 0.199. The molecule has 0 spiro atoms. The van der Waals surface area contributed by atoms with Gasteiger partial charge in [0.2, 0.25) is 0 Å². The third-order valence-corrected chi connectivity index (χ3v) is 1.90. The molecule has 4 nitrogen and oxygen atoms in total. The van der Waals surface area contributed by atoms with Crippen molar-refractivity contribution in [2.45, 2.75) is 6.92 Å². The number of nitrogens with zero attached hydrogens (tertiary/aromatic N) is 1. The van der Waals surface area contributed by atoms with Crippen molar-refractivity contribution >= 4 is 23.3 Å². The highest BCUT2D eigenvalue weighted by atomic mass is 35.5. The first-order valence-corrected chi connectivity index (χ1v) is 3.95. The number of hydrogen-bond acceptors (Lipinski definition) is 4. The zero-order valence-corrected chi connectivity index (χ0v) is 8.05. The van der Waals surface area contributed by atoms with E-state index >= 15 is 0 Å². The number of nitrogen functional groups attached to an aromatic ring is 1. The fraction of sp³-hybridized carbons (Fsp3) is 0.250. The second kappa shape index (κ2) is 3.62. The van der Waals surface area contributed by atoms with Gasteiger partial charge in [0.05, 0.1) is 24.1 Å². The number of carbonyl (C=O) groups excluding carboxylic acids is 1. The molecule has 1 heterocycles. The lowest BCUT2D eigenvalue weighted by Crippen LogP contribution is -2.06. The van der Waals surface area contributed by atoms with E-state index in [4.69, 9.17) is 17.3 Å². The van der Waals surface area contributed by atoms with E-state index in [-0.39, 0.29) is 10.8 Å². The summed E-state index contributed by atoms with van der Waals surface area (Å²) >= 11 is 5.65. The van der Waals surface area contributed by atoms with Crippen LogP contribution in [0.1, 0.15) is 16.1 Å². The molecule has 0 amide bonds. The molecular weight excluding hydrogens is 192 g/mol. The summed E-state index contributed by atoms with van der Waals surface area (Å²) in [7, 11) is 1.30. The normalized spacial score (nSPS) is 9.77. The van der Waals surface area contributed by atoms with E-state index in [1.54, 1.807) is 6.92 Å². The molecule has 0 radical (unpaired) electrons. The fourth-order valence-corrected chi connectivity index (χ4v) is 1.09. The number of pyridine rings is 1. The van der Waals surface area contributed by atoms with Crippen LogP contribution >= 0.6 is 11.6 Å². The first kappa shape index (κ1) is 9.80. The van der Waals surface area contributed by atoms with Crippen molar-refractivity contribution in [2.24, 2.45) is 0 Å². The number of hydrogen-bond donors (Lipinski definition) is 1. The maximum Gasteiger partial charge on any atom is 0.339 e. The Morgan fingerprint density at radius 1 is 1.69 bits per heavy atom. The second-order valence-electron chi connectivity index (χ2n) is 2.49. The zero-order valence-electron chi connectivity index (χ0n) is 7.30. The Bertz CT molecular complexity index is 352. The van der Waals surface area contributed by atoms with E-state index in [2.05, 4.69) is 9.72 Å². The summed E-state index contributed by atoms with van der Waals surface area (Å²) in [4.78, 5) is 15.0. The minimum Gasteiger partial charge on any atom is -0.465 e. The molecule has 1 aromatic rings. The van der Waals surface area contributed by atoms with Crippen LogP contribution in [-0.2, 0) is 4.74 Å². The summed E-state index contributed by atoms with van der Waals surface area (Å²) in [5.74, 6) is -0.464. The number of carbonyl (C=O) groups is 1. The fourth-order valence-electron chi connectivity index (χ4n) is 0.908. The molecule has 70 valence electrons. The first-order chi connectivity index (χ1) is 6.06. The zero-order chi connectivity index (χ0) is 10.0. The van der Waals surface area contributed by atoms with E-state index in [9.17, 15) is 4.79 Å². The standard InChI is InChI=1S/C8H9ClN2O2/c1-4-5(8(12)13-2)3-6(10)7(9)11-4/h3H,10H2,1-2H3. The predicted molar refractivity (Wildman–Crippen MR) is 49.7 cm³/mol. The summed E-state index contributed by atoms with van der Waals surface area (Å²) in [6, 6.07) is 1.45. The van der Waals surface area contributed by atoms with Gasteiger partial charge in [-0.1, -0.05) is 11.6 Å². The smallest absolute Gasteiger partial charge is 0.339 e. The monoisotopic (exact) mass is 200 g/mol. The molecule has 0 fully saturated rings. The minimum absolute atomic E-state index is 0.199. The van der Waals surface area contributed by atoms with Crippen LogP contribution in [0.15, 0.2) is 6.07 Å². The predicted octanol–water partition coefficient (Wildman–Crippen LogP) is 1.41. The number of nitrogens with two attached hydrogens (primary N) is 1. The van der Waals surface area contributed by atoms with Gasteiger partial charge in [0, 0.05) is 0 Å². The number of anilines is 1. The summed E-state index contributed by atoms with van der Waals surface area (Å²) in [6.45, 7) is 1.66. The molecular formula is C8H9ClN2O2. The van der Waals surface area contributed by atoms with Crippen LogP contribution in [-0.4, -0.2) is 18.1 Å². The van der Waals surface area contributed by atoms with Crippen LogP contribution in [0, 0.1) is 6.92 Å². The molecule has 0 aliphatic rings. The molecule has 13 heavy (non-hydrogen) atoms. The quantitative estimate of drug-likeness (QED) is 0.550. The van der Waals surface area contributed by atoms with E-state index in [0.717, 1.165) is 0 Å². The van der Waals surface area contributed by atoms with Crippen molar-refractivity contribution in [1.29, 1.82) is 0 Å². The van der Waals surface area contributed by atoms with Crippen LogP contribution < -0.4 is 5.73 Å². The van der Waals surface area contributed by atoms with Gasteiger partial charge >= 0.3 is 5.97 Å². The van der Waals surface area contributed by atoms with E-state index in [0.29, 0.717) is 11.3 Å². The lowest BCUT2D eigenvalue weighted by atomic mass is 10.2. The van der Waals surface area contributed by atoms with Crippen molar-refractivity contribution in [3.63, 3.8) is 0 Å². The van der Waals surface area contributed by atoms with E-state index in [1.165, 1.54) is 13.2 Å². The van der Waals surface area contributed by atoms with Gasteiger partial charge in [-0.05, 0) is 13.0 Å². The molecule has 0 unspecified atom stereocenters. The molecule has 5 heteroatoms. The molecule has 0 bridgehead atoms. The number of aryl methyl sites for hydroxylation is 1. The first-order valence-electron chi connectivity index (χ1n) is 3.57. The third-order valence-electron chi connectivity index (χ3n) is 1.60. The largest absolute Gasteiger partial charge is 0.465 e. The molecule has 2 N–H and O–H groups in total. The van der Waals surface area contributed by atoms with Crippen molar-refractivity contribution in [1.82, 2.24) is 4.98 Å². The third kappa shape index (κ3) is 1.89. The average molecular weight is 201 g/mol. The van der Waals surface area contributed by atoms with Gasteiger partial charge in [-0.15, -0.1) is 0 Å². The van der Waals surface area contributed by atoms with Gasteiger partial charge in [-0.3, -0.25) is 0 Å². The summed E-state index contributed by atoms with van der Waals surface area (Å²) in [5.41, 5.74) is 6.59. The maximum atomic E-state index is 11.1. The van der Waals surface area contributed by atoms with Gasteiger partial charge in [0.1, 0.15) is 0 Å². The van der Waals surface area contributed by atoms with E-state index in [1.807, 2.05) is 0 Å². The van der Waals surface area contributed by atoms with Crippen LogP contribution in [0.2, 0.25) is 5.15 Å². The maximum absolute atomic E-state index is 11.1. The molecule has 0 aliphatic heterocycles. The average Bonchev–Trinajstić information content (AvgIpc) is 2.10. The van der Waals surface area contributed by atoms with Crippen molar-refractivity contribution in [2.75, 3.05) is 12.8 Å².